The van der Waals surface area contributed by atoms with Crippen LogP contribution >= 0.6 is 0 Å². The van der Waals surface area contributed by atoms with Crippen molar-refractivity contribution >= 4 is 0 Å². The first-order chi connectivity index (χ1) is 9.10. The average Bonchev–Trinajstić information content (AvgIpc) is 2.42. The molecule has 0 saturated carbocycles. The van der Waals surface area contributed by atoms with E-state index in [1.165, 1.54) is 22.3 Å². The van der Waals surface area contributed by atoms with E-state index >= 15 is 0 Å². The summed E-state index contributed by atoms with van der Waals surface area (Å²) in [5.74, 6) is 0. The van der Waals surface area contributed by atoms with Gasteiger partial charge in [-0.15, -0.1) is 0 Å². The third kappa shape index (κ3) is 3.42. The Bertz CT molecular complexity index is 544. The smallest absolute Gasteiger partial charge is 0.0422 e. The maximum absolute atomic E-state index is 6.33. The van der Waals surface area contributed by atoms with Gasteiger partial charge in [-0.2, -0.15) is 0 Å². The molecule has 1 unspecified atom stereocenters. The minimum atomic E-state index is 0.0138. The highest BCUT2D eigenvalue weighted by atomic mass is 14.7. The van der Waals surface area contributed by atoms with Crippen LogP contribution in [0.2, 0.25) is 0 Å². The number of nitrogens with zero attached hydrogens (tertiary/aromatic N) is 1. The molecule has 100 valence electrons. The number of rotatable bonds is 4. The molecule has 1 aromatic heterocycles. The van der Waals surface area contributed by atoms with Gasteiger partial charge in [-0.1, -0.05) is 36.8 Å². The van der Waals surface area contributed by atoms with Crippen LogP contribution in [0.25, 0.3) is 0 Å². The molecule has 1 atom stereocenters. The monoisotopic (exact) mass is 254 g/mol. The zero-order chi connectivity index (χ0) is 13.8. The molecule has 0 aliphatic rings. The summed E-state index contributed by atoms with van der Waals surface area (Å²) >= 11 is 0. The number of hydrogen-bond donors (Lipinski definition) is 1. The summed E-state index contributed by atoms with van der Waals surface area (Å²) in [7, 11) is 0. The molecule has 2 nitrogen and oxygen atoms in total. The molecule has 0 bridgehead atoms. The van der Waals surface area contributed by atoms with Gasteiger partial charge in [-0.3, -0.25) is 4.98 Å². The van der Waals surface area contributed by atoms with Crippen LogP contribution in [0.4, 0.5) is 0 Å². The maximum atomic E-state index is 6.33. The molecular formula is C17H22N2. The fraction of sp³-hybridized carbons (Fsp3) is 0.353. The molecule has 1 aromatic carbocycles. The third-order valence-electron chi connectivity index (χ3n) is 3.56. The van der Waals surface area contributed by atoms with Crippen LogP contribution in [-0.2, 0) is 12.8 Å². The van der Waals surface area contributed by atoms with E-state index in [0.717, 1.165) is 18.5 Å². The molecule has 2 aromatic rings. The van der Waals surface area contributed by atoms with E-state index in [4.69, 9.17) is 5.73 Å². The molecule has 0 amide bonds. The highest BCUT2D eigenvalue weighted by Crippen LogP contribution is 2.20. The second-order valence-electron chi connectivity index (χ2n) is 5.18. The molecule has 0 aliphatic carbocycles. The second-order valence-corrected chi connectivity index (χ2v) is 5.18. The van der Waals surface area contributed by atoms with Crippen molar-refractivity contribution in [3.63, 3.8) is 0 Å². The molecule has 2 rings (SSSR count). The van der Waals surface area contributed by atoms with Gasteiger partial charge in [0.05, 0.1) is 0 Å². The van der Waals surface area contributed by atoms with Crippen LogP contribution in [0.5, 0.6) is 0 Å². The van der Waals surface area contributed by atoms with Gasteiger partial charge in [0.2, 0.25) is 0 Å². The lowest BCUT2D eigenvalue weighted by Gasteiger charge is -2.15. The molecule has 0 radical (unpaired) electrons. The fourth-order valence-corrected chi connectivity index (χ4v) is 2.28. The standard InChI is InChI=1S/C17H22N2/c1-4-14-7-8-15(19-11-14)10-17(18)16-9-12(2)5-6-13(16)3/h5-9,11,17H,4,10,18H2,1-3H3. The van der Waals surface area contributed by atoms with E-state index < -0.39 is 0 Å². The number of aryl methyl sites for hydroxylation is 3. The molecular weight excluding hydrogens is 232 g/mol. The topological polar surface area (TPSA) is 38.9 Å². The highest BCUT2D eigenvalue weighted by molar-refractivity contribution is 5.33. The van der Waals surface area contributed by atoms with E-state index in [0.29, 0.717) is 0 Å². The Morgan fingerprint density at radius 1 is 1.16 bits per heavy atom. The molecule has 2 N–H and O–H groups in total. The van der Waals surface area contributed by atoms with Crippen molar-refractivity contribution in [1.29, 1.82) is 0 Å². The summed E-state index contributed by atoms with van der Waals surface area (Å²) in [5.41, 5.74) is 12.4. The van der Waals surface area contributed by atoms with Crippen LogP contribution in [0.3, 0.4) is 0 Å². The van der Waals surface area contributed by atoms with Crippen LogP contribution in [0, 0.1) is 13.8 Å². The molecule has 0 spiro atoms. The first-order valence-electron chi connectivity index (χ1n) is 6.86. The van der Waals surface area contributed by atoms with Gasteiger partial charge in [0, 0.05) is 24.4 Å². The van der Waals surface area contributed by atoms with Crippen LogP contribution in [0.1, 0.15) is 40.9 Å². The van der Waals surface area contributed by atoms with Gasteiger partial charge in [0.1, 0.15) is 0 Å². The van der Waals surface area contributed by atoms with E-state index in [1.54, 1.807) is 0 Å². The molecule has 1 heterocycles. The molecule has 19 heavy (non-hydrogen) atoms. The van der Waals surface area contributed by atoms with Gasteiger partial charge in [0.15, 0.2) is 0 Å². The minimum absolute atomic E-state index is 0.0138. The van der Waals surface area contributed by atoms with Crippen molar-refractivity contribution in [2.45, 2.75) is 39.7 Å². The average molecular weight is 254 g/mol. The van der Waals surface area contributed by atoms with Crippen molar-refractivity contribution in [3.8, 4) is 0 Å². The van der Waals surface area contributed by atoms with E-state index in [9.17, 15) is 0 Å². The number of nitrogens with two attached hydrogens (primary N) is 1. The molecule has 2 heteroatoms. The zero-order valence-electron chi connectivity index (χ0n) is 12.0. The fourth-order valence-electron chi connectivity index (χ4n) is 2.28. The normalized spacial score (nSPS) is 12.4. The minimum Gasteiger partial charge on any atom is -0.324 e. The van der Waals surface area contributed by atoms with Crippen molar-refractivity contribution in [3.05, 3.63) is 64.5 Å². The zero-order valence-corrected chi connectivity index (χ0v) is 12.0. The SMILES string of the molecule is CCc1ccc(CC(N)c2cc(C)ccc2C)nc1. The van der Waals surface area contributed by atoms with Gasteiger partial charge >= 0.3 is 0 Å². The van der Waals surface area contributed by atoms with Gasteiger partial charge < -0.3 is 5.73 Å². The van der Waals surface area contributed by atoms with Gasteiger partial charge in [-0.25, -0.2) is 0 Å². The Hall–Kier alpha value is -1.67. The van der Waals surface area contributed by atoms with E-state index in [2.05, 4.69) is 56.1 Å². The van der Waals surface area contributed by atoms with Crippen LogP contribution in [0.15, 0.2) is 36.5 Å². The summed E-state index contributed by atoms with van der Waals surface area (Å²) in [5, 5.41) is 0. The Morgan fingerprint density at radius 3 is 2.58 bits per heavy atom. The highest BCUT2D eigenvalue weighted by Gasteiger charge is 2.10. The van der Waals surface area contributed by atoms with Crippen LogP contribution < -0.4 is 5.73 Å². The summed E-state index contributed by atoms with van der Waals surface area (Å²) in [6.07, 6.45) is 3.76. The predicted octanol–water partition coefficient (Wildman–Crippen LogP) is 3.50. The predicted molar refractivity (Wildman–Crippen MR) is 80.2 cm³/mol. The number of aromatic nitrogens is 1. The van der Waals surface area contributed by atoms with Crippen LogP contribution in [-0.4, -0.2) is 4.98 Å². The lowest BCUT2D eigenvalue weighted by Crippen LogP contribution is -2.15. The summed E-state index contributed by atoms with van der Waals surface area (Å²) in [6.45, 7) is 6.35. The summed E-state index contributed by atoms with van der Waals surface area (Å²) < 4.78 is 0. The van der Waals surface area contributed by atoms with Crippen molar-refractivity contribution in [2.75, 3.05) is 0 Å². The first-order valence-corrected chi connectivity index (χ1v) is 6.86. The summed E-state index contributed by atoms with van der Waals surface area (Å²) in [4.78, 5) is 4.49. The Kier molecular flexibility index (Phi) is 4.33. The Balaban J connectivity index is 2.15. The van der Waals surface area contributed by atoms with Crippen molar-refractivity contribution < 1.29 is 0 Å². The van der Waals surface area contributed by atoms with Crippen molar-refractivity contribution in [2.24, 2.45) is 5.73 Å². The van der Waals surface area contributed by atoms with Gasteiger partial charge in [0.25, 0.3) is 0 Å². The number of hydrogen-bond acceptors (Lipinski definition) is 2. The largest absolute Gasteiger partial charge is 0.324 e. The second kappa shape index (κ2) is 5.98. The molecule has 0 aliphatic heterocycles. The first kappa shape index (κ1) is 13.8. The lowest BCUT2D eigenvalue weighted by atomic mass is 9.96. The Morgan fingerprint density at radius 2 is 1.95 bits per heavy atom. The summed E-state index contributed by atoms with van der Waals surface area (Å²) in [6, 6.07) is 10.7. The Labute approximate surface area is 115 Å². The van der Waals surface area contributed by atoms with Crippen molar-refractivity contribution in [1.82, 2.24) is 4.98 Å². The van der Waals surface area contributed by atoms with E-state index in [1.807, 2.05) is 6.20 Å². The number of benzene rings is 1. The molecule has 0 saturated heterocycles. The lowest BCUT2D eigenvalue weighted by molar-refractivity contribution is 0.700. The maximum Gasteiger partial charge on any atom is 0.0422 e. The van der Waals surface area contributed by atoms with Gasteiger partial charge in [-0.05, 0) is 43.0 Å². The van der Waals surface area contributed by atoms with E-state index in [-0.39, 0.29) is 6.04 Å². The third-order valence-corrected chi connectivity index (χ3v) is 3.56. The number of pyridine rings is 1. The quantitative estimate of drug-likeness (QED) is 0.907. The molecule has 0 fully saturated rings.